The van der Waals surface area contributed by atoms with Gasteiger partial charge in [0.25, 0.3) is 0 Å². The first-order valence-electron chi connectivity index (χ1n) is 5.95. The third kappa shape index (κ3) is 4.71. The molecule has 0 bridgehead atoms. The average molecular weight is 275 g/mol. The minimum Gasteiger partial charge on any atom is -0.320 e. The van der Waals surface area contributed by atoms with Gasteiger partial charge in [-0.3, -0.25) is 0 Å². The molecule has 1 unspecified atom stereocenters. The molecule has 0 saturated carbocycles. The Hall–Kier alpha value is -0.990. The number of rotatable bonds is 8. The van der Waals surface area contributed by atoms with Crippen molar-refractivity contribution in [3.63, 3.8) is 0 Å². The third-order valence-electron chi connectivity index (χ3n) is 2.58. The fourth-order valence-corrected chi connectivity index (χ4v) is 3.01. The second-order valence-electron chi connectivity index (χ2n) is 4.27. The van der Waals surface area contributed by atoms with Crippen LogP contribution in [-0.2, 0) is 17.1 Å². The summed E-state index contributed by atoms with van der Waals surface area (Å²) in [5.41, 5.74) is 0. The molecule has 0 radical (unpaired) electrons. The van der Waals surface area contributed by atoms with Crippen molar-refractivity contribution in [1.29, 1.82) is 0 Å². The highest BCUT2D eigenvalue weighted by Gasteiger charge is 2.18. The Labute approximate surface area is 108 Å². The van der Waals surface area contributed by atoms with E-state index in [-0.39, 0.29) is 11.8 Å². The van der Waals surface area contributed by atoms with Gasteiger partial charge in [0.1, 0.15) is 12.2 Å². The summed E-state index contributed by atoms with van der Waals surface area (Å²) in [5.74, 6) is 0.741. The van der Waals surface area contributed by atoms with Crippen LogP contribution in [0, 0.1) is 0 Å². The smallest absolute Gasteiger partial charge is 0.212 e. The number of nitrogens with zero attached hydrogens (tertiary/aromatic N) is 3. The summed E-state index contributed by atoms with van der Waals surface area (Å²) in [6.07, 6.45) is 3.03. The Kier molecular flexibility index (Phi) is 5.70. The summed E-state index contributed by atoms with van der Waals surface area (Å²) in [6.45, 7) is 2.59. The lowest BCUT2D eigenvalue weighted by Crippen LogP contribution is -2.30. The van der Waals surface area contributed by atoms with Gasteiger partial charge in [0.05, 0.1) is 11.8 Å². The molecule has 0 saturated heterocycles. The highest BCUT2D eigenvalue weighted by molar-refractivity contribution is 7.89. The van der Waals surface area contributed by atoms with E-state index in [1.54, 1.807) is 24.9 Å². The van der Waals surface area contributed by atoms with E-state index in [2.05, 4.69) is 20.2 Å². The Morgan fingerprint density at radius 3 is 2.72 bits per heavy atom. The zero-order valence-corrected chi connectivity index (χ0v) is 11.9. The topological polar surface area (TPSA) is 88.9 Å². The highest BCUT2D eigenvalue weighted by atomic mass is 32.2. The molecular weight excluding hydrogens is 254 g/mol. The standard InChI is InChI=1S/C10H21N5O2S/c1-9(10-13-12-8-15(10)3)14-18(16,17)7-5-4-6-11-2/h8-9,11,14H,4-7H2,1-3H3. The predicted octanol–water partition coefficient (Wildman–Crippen LogP) is -0.205. The molecule has 1 atom stereocenters. The summed E-state index contributed by atoms with van der Waals surface area (Å²) in [4.78, 5) is 0. The normalized spacial score (nSPS) is 13.7. The molecule has 0 spiro atoms. The zero-order valence-electron chi connectivity index (χ0n) is 11.0. The monoisotopic (exact) mass is 275 g/mol. The third-order valence-corrected chi connectivity index (χ3v) is 4.12. The fourth-order valence-electron chi connectivity index (χ4n) is 1.66. The molecule has 2 N–H and O–H groups in total. The molecule has 1 heterocycles. The molecule has 7 nitrogen and oxygen atoms in total. The maximum atomic E-state index is 11.8. The van der Waals surface area contributed by atoms with Crippen LogP contribution >= 0.6 is 0 Å². The van der Waals surface area contributed by atoms with Crippen molar-refractivity contribution in [2.75, 3.05) is 19.3 Å². The van der Waals surface area contributed by atoms with Crippen LogP contribution < -0.4 is 10.0 Å². The average Bonchev–Trinajstić information content (AvgIpc) is 2.70. The molecular formula is C10H21N5O2S. The van der Waals surface area contributed by atoms with Gasteiger partial charge < -0.3 is 9.88 Å². The van der Waals surface area contributed by atoms with E-state index in [4.69, 9.17) is 0 Å². The summed E-state index contributed by atoms with van der Waals surface area (Å²) in [6, 6.07) is -0.369. The van der Waals surface area contributed by atoms with Gasteiger partial charge in [0.15, 0.2) is 0 Å². The number of sulfonamides is 1. The van der Waals surface area contributed by atoms with Gasteiger partial charge in [-0.1, -0.05) is 0 Å². The van der Waals surface area contributed by atoms with Gasteiger partial charge in [-0.05, 0) is 33.4 Å². The van der Waals surface area contributed by atoms with Crippen LogP contribution in [0.2, 0.25) is 0 Å². The van der Waals surface area contributed by atoms with Crippen LogP contribution in [0.15, 0.2) is 6.33 Å². The van der Waals surface area contributed by atoms with Gasteiger partial charge in [0, 0.05) is 7.05 Å². The molecule has 1 aromatic rings. The van der Waals surface area contributed by atoms with Gasteiger partial charge in [-0.15, -0.1) is 10.2 Å². The lowest BCUT2D eigenvalue weighted by Gasteiger charge is -2.13. The number of unbranched alkanes of at least 4 members (excludes halogenated alkanes) is 1. The lowest BCUT2D eigenvalue weighted by molar-refractivity contribution is 0.549. The SMILES string of the molecule is CNCCCCS(=O)(=O)NC(C)c1nncn1C. The Balaban J connectivity index is 2.48. The number of hydrogen-bond acceptors (Lipinski definition) is 5. The molecule has 0 aromatic carbocycles. The molecule has 0 aliphatic carbocycles. The van der Waals surface area contributed by atoms with E-state index in [0.717, 1.165) is 13.0 Å². The van der Waals surface area contributed by atoms with Gasteiger partial charge >= 0.3 is 0 Å². The quantitative estimate of drug-likeness (QED) is 0.641. The predicted molar refractivity (Wildman–Crippen MR) is 69.5 cm³/mol. The van der Waals surface area contributed by atoms with Crippen LogP contribution in [0.3, 0.4) is 0 Å². The van der Waals surface area contributed by atoms with E-state index < -0.39 is 10.0 Å². The van der Waals surface area contributed by atoms with Crippen molar-refractivity contribution in [2.45, 2.75) is 25.8 Å². The molecule has 104 valence electrons. The van der Waals surface area contributed by atoms with Gasteiger partial charge in [-0.2, -0.15) is 0 Å². The van der Waals surface area contributed by atoms with Crippen LogP contribution in [-0.4, -0.2) is 42.5 Å². The molecule has 1 aromatic heterocycles. The minimum atomic E-state index is -3.26. The molecule has 1 rings (SSSR count). The molecule has 0 aliphatic heterocycles. The summed E-state index contributed by atoms with van der Waals surface area (Å²) < 4.78 is 28.0. The van der Waals surface area contributed by atoms with Crippen molar-refractivity contribution in [3.05, 3.63) is 12.2 Å². The first-order chi connectivity index (χ1) is 8.46. The van der Waals surface area contributed by atoms with Crippen molar-refractivity contribution in [1.82, 2.24) is 24.8 Å². The van der Waals surface area contributed by atoms with Crippen molar-refractivity contribution >= 4 is 10.0 Å². The lowest BCUT2D eigenvalue weighted by atomic mass is 10.3. The first kappa shape index (κ1) is 15.1. The first-order valence-corrected chi connectivity index (χ1v) is 7.60. The number of nitrogens with one attached hydrogen (secondary N) is 2. The second kappa shape index (κ2) is 6.81. The minimum absolute atomic E-state index is 0.136. The van der Waals surface area contributed by atoms with Crippen LogP contribution in [0.4, 0.5) is 0 Å². The fraction of sp³-hybridized carbons (Fsp3) is 0.800. The number of aromatic nitrogens is 3. The summed E-state index contributed by atoms with van der Waals surface area (Å²) in [5, 5.41) is 10.6. The Bertz CT molecular complexity index is 457. The molecule has 0 fully saturated rings. The molecule has 8 heteroatoms. The molecule has 0 amide bonds. The largest absolute Gasteiger partial charge is 0.320 e. The van der Waals surface area contributed by atoms with Crippen molar-refractivity contribution < 1.29 is 8.42 Å². The van der Waals surface area contributed by atoms with E-state index in [1.165, 1.54) is 0 Å². The zero-order chi connectivity index (χ0) is 13.6. The highest BCUT2D eigenvalue weighted by Crippen LogP contribution is 2.09. The number of aryl methyl sites for hydroxylation is 1. The van der Waals surface area contributed by atoms with Crippen LogP contribution in [0.5, 0.6) is 0 Å². The summed E-state index contributed by atoms with van der Waals surface area (Å²) in [7, 11) is 0.372. The Morgan fingerprint density at radius 1 is 1.44 bits per heavy atom. The van der Waals surface area contributed by atoms with E-state index in [0.29, 0.717) is 12.2 Å². The Morgan fingerprint density at radius 2 is 2.17 bits per heavy atom. The van der Waals surface area contributed by atoms with E-state index in [9.17, 15) is 8.42 Å². The van der Waals surface area contributed by atoms with Crippen LogP contribution in [0.25, 0.3) is 0 Å². The van der Waals surface area contributed by atoms with Gasteiger partial charge in [0.2, 0.25) is 10.0 Å². The maximum absolute atomic E-state index is 11.8. The number of hydrogen-bond donors (Lipinski definition) is 2. The van der Waals surface area contributed by atoms with E-state index >= 15 is 0 Å². The van der Waals surface area contributed by atoms with Crippen LogP contribution in [0.1, 0.15) is 31.6 Å². The molecule has 0 aliphatic rings. The molecule has 18 heavy (non-hydrogen) atoms. The van der Waals surface area contributed by atoms with Crippen molar-refractivity contribution in [3.8, 4) is 0 Å². The summed E-state index contributed by atoms with van der Waals surface area (Å²) >= 11 is 0. The van der Waals surface area contributed by atoms with Crippen molar-refractivity contribution in [2.24, 2.45) is 7.05 Å². The van der Waals surface area contributed by atoms with Gasteiger partial charge in [-0.25, -0.2) is 13.1 Å². The second-order valence-corrected chi connectivity index (χ2v) is 6.14. The van der Waals surface area contributed by atoms with E-state index in [1.807, 2.05) is 7.05 Å². The maximum Gasteiger partial charge on any atom is 0.212 e.